The third-order valence-corrected chi connectivity index (χ3v) is 5.75. The van der Waals surface area contributed by atoms with Crippen LogP contribution in [-0.4, -0.2) is 45.8 Å². The summed E-state index contributed by atoms with van der Waals surface area (Å²) >= 11 is 0. The first-order valence-electron chi connectivity index (χ1n) is 9.28. The lowest BCUT2D eigenvalue weighted by Crippen LogP contribution is -2.41. The van der Waals surface area contributed by atoms with Gasteiger partial charge < -0.3 is 9.88 Å². The predicted octanol–water partition coefficient (Wildman–Crippen LogP) is 2.56. The minimum atomic E-state index is 0. The Hall–Kier alpha value is -0.650. The monoisotopic (exact) mass is 339 g/mol. The number of piperidine rings is 2. The maximum absolute atomic E-state index is 4.62. The summed E-state index contributed by atoms with van der Waals surface area (Å²) in [5.74, 6) is 3.36. The molecule has 23 heavy (non-hydrogen) atoms. The molecule has 0 spiro atoms. The van der Waals surface area contributed by atoms with Gasteiger partial charge in [-0.1, -0.05) is 6.42 Å². The van der Waals surface area contributed by atoms with Gasteiger partial charge in [-0.15, -0.1) is 22.6 Å². The number of nitrogens with zero attached hydrogens (tertiary/aromatic N) is 4. The minimum Gasteiger partial charge on any atom is -0.317 e. The van der Waals surface area contributed by atoms with Crippen molar-refractivity contribution in [3.8, 4) is 0 Å². The molecule has 4 heterocycles. The quantitative estimate of drug-likeness (QED) is 0.919. The van der Waals surface area contributed by atoms with E-state index in [2.05, 4.69) is 25.0 Å². The molecule has 1 N–H and O–H groups in total. The first kappa shape index (κ1) is 17.2. The lowest BCUT2D eigenvalue weighted by molar-refractivity contribution is 0.107. The fourth-order valence-corrected chi connectivity index (χ4v) is 4.48. The van der Waals surface area contributed by atoms with Crippen LogP contribution < -0.4 is 5.32 Å². The van der Waals surface area contributed by atoms with Crippen molar-refractivity contribution in [1.82, 2.24) is 25.0 Å². The maximum atomic E-state index is 4.62. The molecule has 1 aromatic heterocycles. The molecule has 3 aliphatic heterocycles. The van der Waals surface area contributed by atoms with Gasteiger partial charge in [0.25, 0.3) is 0 Å². The Morgan fingerprint density at radius 1 is 0.957 bits per heavy atom. The zero-order valence-corrected chi connectivity index (χ0v) is 14.9. The van der Waals surface area contributed by atoms with Crippen molar-refractivity contribution in [1.29, 1.82) is 0 Å². The molecule has 5 nitrogen and oxygen atoms in total. The van der Waals surface area contributed by atoms with Crippen molar-refractivity contribution in [3.63, 3.8) is 0 Å². The molecular formula is C17H30ClN5. The number of rotatable bonds is 3. The second-order valence-electron chi connectivity index (χ2n) is 7.28. The molecule has 0 bridgehead atoms. The molecule has 3 aliphatic rings. The van der Waals surface area contributed by atoms with Gasteiger partial charge >= 0.3 is 0 Å². The van der Waals surface area contributed by atoms with Crippen LogP contribution in [0.3, 0.4) is 0 Å². The van der Waals surface area contributed by atoms with Gasteiger partial charge in [0.2, 0.25) is 0 Å². The van der Waals surface area contributed by atoms with Gasteiger partial charge in [-0.25, -0.2) is 0 Å². The van der Waals surface area contributed by atoms with Crippen LogP contribution in [0.4, 0.5) is 0 Å². The normalized spacial score (nSPS) is 26.5. The summed E-state index contributed by atoms with van der Waals surface area (Å²) in [7, 11) is 0. The lowest BCUT2D eigenvalue weighted by Gasteiger charge is -2.38. The summed E-state index contributed by atoms with van der Waals surface area (Å²) in [4.78, 5) is 2.73. The second-order valence-corrected chi connectivity index (χ2v) is 7.28. The zero-order chi connectivity index (χ0) is 14.8. The summed E-state index contributed by atoms with van der Waals surface area (Å²) in [6.07, 6.45) is 10.3. The van der Waals surface area contributed by atoms with E-state index in [1.807, 2.05) is 0 Å². The fourth-order valence-electron chi connectivity index (χ4n) is 4.48. The average molecular weight is 340 g/mol. The van der Waals surface area contributed by atoms with E-state index in [1.54, 1.807) is 0 Å². The summed E-state index contributed by atoms with van der Waals surface area (Å²) in [6.45, 7) is 6.04. The van der Waals surface area contributed by atoms with Crippen LogP contribution in [0, 0.1) is 5.92 Å². The maximum Gasteiger partial charge on any atom is 0.150 e. The van der Waals surface area contributed by atoms with E-state index in [9.17, 15) is 0 Å². The van der Waals surface area contributed by atoms with Crippen LogP contribution in [0.1, 0.15) is 62.6 Å². The van der Waals surface area contributed by atoms with Crippen LogP contribution in [0.25, 0.3) is 0 Å². The molecule has 2 fully saturated rings. The first-order valence-corrected chi connectivity index (χ1v) is 9.28. The molecule has 1 atom stereocenters. The van der Waals surface area contributed by atoms with Crippen LogP contribution in [-0.2, 0) is 13.0 Å². The Kier molecular flexibility index (Phi) is 5.94. The first-order chi connectivity index (χ1) is 10.9. The molecule has 0 amide bonds. The third-order valence-electron chi connectivity index (χ3n) is 5.75. The number of aryl methyl sites for hydroxylation is 1. The highest BCUT2D eigenvalue weighted by Crippen LogP contribution is 2.33. The van der Waals surface area contributed by atoms with E-state index in [1.165, 1.54) is 82.8 Å². The number of likely N-dealkylation sites (tertiary alicyclic amines) is 1. The third kappa shape index (κ3) is 3.72. The Balaban J connectivity index is 0.00000156. The number of fused-ring (bicyclic) bond motifs is 1. The lowest BCUT2D eigenvalue weighted by atomic mass is 9.94. The Labute approximate surface area is 145 Å². The number of aromatic nitrogens is 3. The molecule has 1 unspecified atom stereocenters. The van der Waals surface area contributed by atoms with Gasteiger partial charge in [-0.3, -0.25) is 4.90 Å². The highest BCUT2D eigenvalue weighted by molar-refractivity contribution is 5.85. The molecule has 0 aromatic carbocycles. The molecule has 1 aromatic rings. The molecule has 0 radical (unpaired) electrons. The number of nitrogens with one attached hydrogen (secondary N) is 1. The Bertz CT molecular complexity index is 497. The van der Waals surface area contributed by atoms with Gasteiger partial charge in [-0.2, -0.15) is 0 Å². The van der Waals surface area contributed by atoms with Crippen molar-refractivity contribution < 1.29 is 0 Å². The van der Waals surface area contributed by atoms with Crippen molar-refractivity contribution in [2.45, 2.75) is 64.0 Å². The number of hydrogen-bond acceptors (Lipinski definition) is 4. The van der Waals surface area contributed by atoms with Crippen molar-refractivity contribution >= 4 is 12.4 Å². The van der Waals surface area contributed by atoms with Crippen LogP contribution in [0.2, 0.25) is 0 Å². The van der Waals surface area contributed by atoms with E-state index >= 15 is 0 Å². The van der Waals surface area contributed by atoms with E-state index < -0.39 is 0 Å². The average Bonchev–Trinajstić information content (AvgIpc) is 3.00. The summed E-state index contributed by atoms with van der Waals surface area (Å²) in [5.41, 5.74) is 0. The van der Waals surface area contributed by atoms with Gasteiger partial charge in [0, 0.05) is 19.5 Å². The van der Waals surface area contributed by atoms with Crippen molar-refractivity contribution in [2.24, 2.45) is 5.92 Å². The summed E-state index contributed by atoms with van der Waals surface area (Å²) in [6, 6.07) is 0.517. The molecule has 0 aliphatic carbocycles. The van der Waals surface area contributed by atoms with Gasteiger partial charge in [0.1, 0.15) is 11.6 Å². The SMILES string of the molecule is C1CCn2c(nnc2C2CCCCN2CC2CCNCC2)C1.Cl. The largest absolute Gasteiger partial charge is 0.317 e. The topological polar surface area (TPSA) is 46.0 Å². The van der Waals surface area contributed by atoms with E-state index in [-0.39, 0.29) is 12.4 Å². The Morgan fingerprint density at radius 3 is 2.65 bits per heavy atom. The standard InChI is InChI=1S/C17H29N5.ClH/c1-3-11-21(13-14-7-9-18-10-8-14)15(5-1)17-20-19-16-6-2-4-12-22(16)17;/h14-15,18H,1-13H2;1H. The van der Waals surface area contributed by atoms with Gasteiger partial charge in [-0.05, 0) is 64.1 Å². The molecular weight excluding hydrogens is 310 g/mol. The van der Waals surface area contributed by atoms with Crippen molar-refractivity contribution in [3.05, 3.63) is 11.6 Å². The number of hydrogen-bond donors (Lipinski definition) is 1. The van der Waals surface area contributed by atoms with Gasteiger partial charge in [0.15, 0.2) is 0 Å². The minimum absolute atomic E-state index is 0. The van der Waals surface area contributed by atoms with Gasteiger partial charge in [0.05, 0.1) is 6.04 Å². The molecule has 6 heteroatoms. The highest BCUT2D eigenvalue weighted by atomic mass is 35.5. The molecule has 130 valence electrons. The summed E-state index contributed by atoms with van der Waals surface area (Å²) in [5, 5.41) is 12.6. The summed E-state index contributed by atoms with van der Waals surface area (Å²) < 4.78 is 2.44. The van der Waals surface area contributed by atoms with Crippen molar-refractivity contribution in [2.75, 3.05) is 26.2 Å². The van der Waals surface area contributed by atoms with E-state index in [4.69, 9.17) is 0 Å². The van der Waals surface area contributed by atoms with Crippen LogP contribution in [0.15, 0.2) is 0 Å². The Morgan fingerprint density at radius 2 is 1.78 bits per heavy atom. The fraction of sp³-hybridized carbons (Fsp3) is 0.882. The molecule has 0 saturated carbocycles. The molecule has 4 rings (SSSR count). The van der Waals surface area contributed by atoms with E-state index in [0.29, 0.717) is 6.04 Å². The zero-order valence-electron chi connectivity index (χ0n) is 14.0. The highest BCUT2D eigenvalue weighted by Gasteiger charge is 2.31. The molecule has 2 saturated heterocycles. The van der Waals surface area contributed by atoms with Crippen LogP contribution >= 0.6 is 12.4 Å². The predicted molar refractivity (Wildman–Crippen MR) is 94.0 cm³/mol. The van der Waals surface area contributed by atoms with E-state index in [0.717, 1.165) is 18.9 Å². The smallest absolute Gasteiger partial charge is 0.150 e. The second kappa shape index (κ2) is 7.95. The van der Waals surface area contributed by atoms with Crippen LogP contribution in [0.5, 0.6) is 0 Å². The number of halogens is 1.